The molecule has 0 heterocycles. The zero-order chi connectivity index (χ0) is 5.86. The molecular weight excluding hydrogens is 100 g/mol. The van der Waals surface area contributed by atoms with Gasteiger partial charge in [-0.05, 0) is 0 Å². The van der Waals surface area contributed by atoms with Crippen LogP contribution in [0.2, 0.25) is 0 Å². The van der Waals surface area contributed by atoms with E-state index in [0.29, 0.717) is 0 Å². The summed E-state index contributed by atoms with van der Waals surface area (Å²) < 4.78 is 0. The Balaban J connectivity index is 3.13. The minimum Gasteiger partial charge on any atom is -0.274 e. The van der Waals surface area contributed by atoms with Crippen LogP contribution in [0.4, 0.5) is 0 Å². The maximum absolute atomic E-state index is 9.78. The predicted octanol–water partition coefficient (Wildman–Crippen LogP) is -0.882. The van der Waals surface area contributed by atoms with Crippen molar-refractivity contribution < 1.29 is 15.2 Å². The van der Waals surface area contributed by atoms with E-state index in [1.165, 1.54) is 0 Å². The summed E-state index contributed by atoms with van der Waals surface area (Å²) in [7, 11) is 0. The van der Waals surface area contributed by atoms with Crippen LogP contribution in [0.15, 0.2) is 0 Å². The van der Waals surface area contributed by atoms with Crippen molar-refractivity contribution in [2.24, 2.45) is 0 Å². The summed E-state index contributed by atoms with van der Waals surface area (Å²) in [5, 5.41) is 15.2. The van der Waals surface area contributed by atoms with Crippen LogP contribution in [0.3, 0.4) is 0 Å². The van der Waals surface area contributed by atoms with Crippen LogP contribution >= 0.6 is 0 Å². The Kier molecular flexibility index (Phi) is 2.28. The molecule has 0 fully saturated rings. The number of hydrogen-bond acceptors (Lipinski definition) is 4. The SMILES string of the molecule is CC(=O)NN(O)O. The molecule has 0 aliphatic heterocycles. The van der Waals surface area contributed by atoms with Crippen molar-refractivity contribution in [1.29, 1.82) is 0 Å². The van der Waals surface area contributed by atoms with Gasteiger partial charge in [-0.1, -0.05) is 0 Å². The topological polar surface area (TPSA) is 72.8 Å². The first-order valence-electron chi connectivity index (χ1n) is 1.58. The lowest BCUT2D eigenvalue weighted by molar-refractivity contribution is -0.334. The number of amides is 1. The second-order valence-corrected chi connectivity index (χ2v) is 0.957. The summed E-state index contributed by atoms with van der Waals surface area (Å²) in [6.45, 7) is 1.15. The van der Waals surface area contributed by atoms with E-state index in [9.17, 15) is 4.79 Å². The van der Waals surface area contributed by atoms with Gasteiger partial charge >= 0.3 is 0 Å². The van der Waals surface area contributed by atoms with Crippen LogP contribution < -0.4 is 5.43 Å². The normalized spacial score (nSPS) is 9.14. The average Bonchev–Trinajstić information content (AvgIpc) is 1.27. The molecule has 0 rings (SSSR count). The van der Waals surface area contributed by atoms with Gasteiger partial charge in [-0.3, -0.25) is 15.2 Å². The monoisotopic (exact) mass is 106 g/mol. The second kappa shape index (κ2) is 2.51. The Morgan fingerprint density at radius 2 is 2.14 bits per heavy atom. The Morgan fingerprint density at radius 1 is 1.71 bits per heavy atom. The molecule has 0 aromatic rings. The van der Waals surface area contributed by atoms with Gasteiger partial charge in [0.2, 0.25) is 5.91 Å². The molecule has 0 spiro atoms. The number of rotatable bonds is 1. The van der Waals surface area contributed by atoms with Crippen molar-refractivity contribution in [2.75, 3.05) is 0 Å². The van der Waals surface area contributed by atoms with E-state index in [-0.39, 0.29) is 0 Å². The standard InChI is InChI=1S/C2H6N2O3/c1-2(5)3-4(6)7/h6-7H,1H3,(H,3,5). The fourth-order valence-electron chi connectivity index (χ4n) is 0.141. The highest BCUT2D eigenvalue weighted by Crippen LogP contribution is 1.60. The van der Waals surface area contributed by atoms with E-state index < -0.39 is 11.2 Å². The third-order valence-corrected chi connectivity index (χ3v) is 0.257. The van der Waals surface area contributed by atoms with E-state index in [2.05, 4.69) is 0 Å². The van der Waals surface area contributed by atoms with Gasteiger partial charge in [-0.15, -0.1) is 0 Å². The summed E-state index contributed by atoms with van der Waals surface area (Å²) >= 11 is 0. The van der Waals surface area contributed by atoms with Crippen molar-refractivity contribution in [3.05, 3.63) is 0 Å². The average molecular weight is 106 g/mol. The van der Waals surface area contributed by atoms with Crippen molar-refractivity contribution in [3.63, 3.8) is 0 Å². The van der Waals surface area contributed by atoms with Gasteiger partial charge in [0, 0.05) is 12.3 Å². The molecule has 0 aliphatic rings. The van der Waals surface area contributed by atoms with E-state index >= 15 is 0 Å². The molecule has 0 aromatic heterocycles. The van der Waals surface area contributed by atoms with Crippen LogP contribution in [-0.4, -0.2) is 21.7 Å². The highest BCUT2D eigenvalue weighted by molar-refractivity contribution is 5.71. The van der Waals surface area contributed by atoms with E-state index in [4.69, 9.17) is 10.4 Å². The summed E-state index contributed by atoms with van der Waals surface area (Å²) in [5.41, 5.74) is 1.61. The van der Waals surface area contributed by atoms with Gasteiger partial charge < -0.3 is 0 Å². The van der Waals surface area contributed by atoms with Gasteiger partial charge in [0.15, 0.2) is 0 Å². The highest BCUT2D eigenvalue weighted by Gasteiger charge is 1.91. The molecule has 0 aromatic carbocycles. The predicted molar refractivity (Wildman–Crippen MR) is 19.2 cm³/mol. The molecule has 42 valence electrons. The van der Waals surface area contributed by atoms with Gasteiger partial charge in [-0.2, -0.15) is 0 Å². The number of hydrogen-bond donors (Lipinski definition) is 3. The summed E-state index contributed by atoms with van der Waals surface area (Å²) in [4.78, 5) is 9.78. The largest absolute Gasteiger partial charge is 0.274 e. The lowest BCUT2D eigenvalue weighted by Gasteiger charge is -2.02. The van der Waals surface area contributed by atoms with Crippen molar-refractivity contribution in [3.8, 4) is 0 Å². The lowest BCUT2D eigenvalue weighted by atomic mass is 10.8. The number of hydrazine groups is 1. The van der Waals surface area contributed by atoms with Gasteiger partial charge in [0.1, 0.15) is 0 Å². The molecule has 0 aliphatic carbocycles. The van der Waals surface area contributed by atoms with Gasteiger partial charge in [0.25, 0.3) is 0 Å². The molecule has 7 heavy (non-hydrogen) atoms. The quantitative estimate of drug-likeness (QED) is 0.379. The molecule has 0 saturated heterocycles. The zero-order valence-corrected chi connectivity index (χ0v) is 3.75. The van der Waals surface area contributed by atoms with Crippen molar-refractivity contribution in [2.45, 2.75) is 6.92 Å². The minimum atomic E-state index is -0.537. The van der Waals surface area contributed by atoms with Crippen molar-refractivity contribution in [1.82, 2.24) is 10.8 Å². The van der Waals surface area contributed by atoms with E-state index in [1.807, 2.05) is 0 Å². The molecule has 0 saturated carbocycles. The maximum atomic E-state index is 9.78. The van der Waals surface area contributed by atoms with Crippen LogP contribution in [0.25, 0.3) is 0 Å². The van der Waals surface area contributed by atoms with Crippen LogP contribution in [0, 0.1) is 0 Å². The molecule has 0 unspecified atom stereocenters. The van der Waals surface area contributed by atoms with E-state index in [1.54, 1.807) is 5.43 Å². The smallest absolute Gasteiger partial charge is 0.234 e. The fourth-order valence-corrected chi connectivity index (χ4v) is 0.141. The molecule has 0 atom stereocenters. The van der Waals surface area contributed by atoms with E-state index in [0.717, 1.165) is 6.92 Å². The second-order valence-electron chi connectivity index (χ2n) is 0.957. The summed E-state index contributed by atoms with van der Waals surface area (Å²) in [6.07, 6.45) is 0. The third-order valence-electron chi connectivity index (χ3n) is 0.257. The Morgan fingerprint density at radius 3 is 2.14 bits per heavy atom. The molecule has 3 N–H and O–H groups in total. The summed E-state index contributed by atoms with van der Waals surface area (Å²) in [5.74, 6) is -0.537. The number of carbonyl (C=O) groups excluding carboxylic acids is 1. The molecule has 5 heteroatoms. The summed E-state index contributed by atoms with van der Waals surface area (Å²) in [6, 6.07) is 0. The molecule has 5 nitrogen and oxygen atoms in total. The first kappa shape index (κ1) is 6.35. The number of nitrogens with zero attached hydrogens (tertiary/aromatic N) is 1. The van der Waals surface area contributed by atoms with Gasteiger partial charge in [0.05, 0.1) is 0 Å². The first-order chi connectivity index (χ1) is 3.13. The van der Waals surface area contributed by atoms with Crippen LogP contribution in [0.5, 0.6) is 0 Å². The number of carbonyl (C=O) groups is 1. The zero-order valence-electron chi connectivity index (χ0n) is 3.75. The van der Waals surface area contributed by atoms with Crippen LogP contribution in [-0.2, 0) is 4.79 Å². The molecule has 0 radical (unpaired) electrons. The first-order valence-corrected chi connectivity index (χ1v) is 1.58. The van der Waals surface area contributed by atoms with Gasteiger partial charge in [-0.25, -0.2) is 5.43 Å². The minimum absolute atomic E-state index is 0.400. The third kappa shape index (κ3) is 5.35. The lowest BCUT2D eigenvalue weighted by Crippen LogP contribution is -2.35. The Hall–Kier alpha value is -0.650. The highest BCUT2D eigenvalue weighted by atomic mass is 16.8. The maximum Gasteiger partial charge on any atom is 0.234 e. The number of nitrogens with one attached hydrogen (secondary N) is 1. The van der Waals surface area contributed by atoms with Crippen molar-refractivity contribution >= 4 is 5.91 Å². The fraction of sp³-hybridized carbons (Fsp3) is 0.500. The Labute approximate surface area is 40.0 Å². The van der Waals surface area contributed by atoms with Crippen LogP contribution in [0.1, 0.15) is 6.92 Å². The molecule has 0 bridgehead atoms. The Bertz CT molecular complexity index is 71.3. The molecular formula is C2H6N2O3. The molecule has 1 amide bonds.